The number of carbonyl (C=O) groups is 4. The first kappa shape index (κ1) is 40.9. The van der Waals surface area contributed by atoms with Gasteiger partial charge >= 0.3 is 12.1 Å². The van der Waals surface area contributed by atoms with Crippen molar-refractivity contribution < 1.29 is 42.9 Å². The molecule has 0 saturated carbocycles. The Kier molecular flexibility index (Phi) is 14.5. The largest absolute Gasteiger partial charge is 0.481 e. The Morgan fingerprint density at radius 3 is 2.29 bits per heavy atom. The molecule has 3 aromatic rings. The number of aromatic nitrogens is 1. The number of carboxylic acid groups (broad SMARTS) is 1. The highest BCUT2D eigenvalue weighted by atomic mass is 28.3. The Hall–Kier alpha value is -4.56. The molecule has 2 atom stereocenters. The van der Waals surface area contributed by atoms with Crippen molar-refractivity contribution in [1.82, 2.24) is 20.1 Å². The first-order valence-electron chi connectivity index (χ1n) is 16.9. The second-order valence-corrected chi connectivity index (χ2v) is 20.4. The molecule has 2 aromatic carbocycles. The fourth-order valence-corrected chi connectivity index (χ4v) is 6.37. The number of hydrogen-bond acceptors (Lipinski definition) is 6. The molecule has 0 unspecified atom stereocenters. The second kappa shape index (κ2) is 18.1. The maximum absolute atomic E-state index is 15.1. The molecule has 0 fully saturated rings. The van der Waals surface area contributed by atoms with Crippen LogP contribution in [0.2, 0.25) is 25.7 Å². The molecule has 3 rings (SSSR count). The van der Waals surface area contributed by atoms with Crippen LogP contribution in [0.4, 0.5) is 13.6 Å². The summed E-state index contributed by atoms with van der Waals surface area (Å²) < 4.78 is 36.6. The average Bonchev–Trinajstić information content (AvgIpc) is 3.48. The van der Waals surface area contributed by atoms with E-state index in [2.05, 4.69) is 30.3 Å². The van der Waals surface area contributed by atoms with Gasteiger partial charge in [0.05, 0.1) is 25.1 Å². The highest BCUT2D eigenvalue weighted by Crippen LogP contribution is 2.42. The molecule has 0 aliphatic carbocycles. The van der Waals surface area contributed by atoms with E-state index in [9.17, 15) is 28.7 Å². The van der Waals surface area contributed by atoms with Crippen LogP contribution in [0.1, 0.15) is 51.8 Å². The molecule has 0 saturated heterocycles. The lowest BCUT2D eigenvalue weighted by Crippen LogP contribution is -2.48. The van der Waals surface area contributed by atoms with Gasteiger partial charge in [0.25, 0.3) is 0 Å². The minimum absolute atomic E-state index is 0.00416. The van der Waals surface area contributed by atoms with Gasteiger partial charge in [-0.2, -0.15) is 0 Å². The number of alkyl carbamates (subject to hydrolysis) is 1. The van der Waals surface area contributed by atoms with Crippen LogP contribution in [-0.2, 0) is 19.1 Å². The van der Waals surface area contributed by atoms with Crippen molar-refractivity contribution in [3.63, 3.8) is 0 Å². The van der Waals surface area contributed by atoms with E-state index < -0.39 is 67.7 Å². The van der Waals surface area contributed by atoms with Gasteiger partial charge in [0.1, 0.15) is 18.2 Å². The Morgan fingerprint density at radius 1 is 1.00 bits per heavy atom. The number of nitrogens with zero attached hydrogens (tertiary/aromatic N) is 2. The number of halogens is 2. The predicted molar refractivity (Wildman–Crippen MR) is 193 cm³/mol. The van der Waals surface area contributed by atoms with Gasteiger partial charge in [-0.1, -0.05) is 58.6 Å². The SMILES string of the molecule is CC(C)(C)[C@H](c1cc(-c2cc(F)ccc2F)cn1-c1ccccc1)N(CC[C@@H](CNC(=O)CCC(=O)O)NC(=O)OCC[Si](C)(C)C)C(=O)CO. The monoisotopic (exact) mass is 728 g/mol. The lowest BCUT2D eigenvalue weighted by Gasteiger charge is -2.41. The second-order valence-electron chi connectivity index (χ2n) is 14.8. The standard InChI is InChI=1S/C37H50F2N4O7Si/c1-37(2,3)35(31-20-25(29-21-26(38)12-13-30(29)39)23-43(31)28-10-8-7-9-11-28)42(33(46)24-44)17-16-27(22-40-32(45)14-15-34(47)48)41-36(49)50-18-19-51(4,5)6/h7-13,20-21,23,27,35,44H,14-19,22,24H2,1-6H3,(H,40,45)(H,41,49)(H,47,48)/t27-,35-/m0/s1. The van der Waals surface area contributed by atoms with Crippen LogP contribution < -0.4 is 10.6 Å². The van der Waals surface area contributed by atoms with Crippen molar-refractivity contribution in [1.29, 1.82) is 0 Å². The van der Waals surface area contributed by atoms with Crippen molar-refractivity contribution in [2.45, 2.75) is 77.8 Å². The number of ether oxygens (including phenoxy) is 1. The number of aliphatic hydroxyl groups excluding tert-OH is 1. The van der Waals surface area contributed by atoms with Gasteiger partial charge in [-0.15, -0.1) is 0 Å². The number of nitrogens with one attached hydrogen (secondary N) is 2. The first-order chi connectivity index (χ1) is 23.9. The molecule has 0 spiro atoms. The Bertz CT molecular complexity index is 1650. The summed E-state index contributed by atoms with van der Waals surface area (Å²) in [4.78, 5) is 51.3. The number of amides is 3. The minimum atomic E-state index is -1.50. The van der Waals surface area contributed by atoms with Crippen LogP contribution in [0, 0.1) is 17.0 Å². The molecule has 0 aliphatic heterocycles. The summed E-state index contributed by atoms with van der Waals surface area (Å²) in [5.74, 6) is -3.50. The van der Waals surface area contributed by atoms with Gasteiger partial charge in [-0.25, -0.2) is 13.6 Å². The molecular weight excluding hydrogens is 679 g/mol. The average molecular weight is 729 g/mol. The molecular formula is C37H50F2N4O7Si. The third-order valence-corrected chi connectivity index (χ3v) is 9.93. The highest BCUT2D eigenvalue weighted by molar-refractivity contribution is 6.76. The fourth-order valence-electron chi connectivity index (χ4n) is 5.65. The van der Waals surface area contributed by atoms with Crippen LogP contribution in [0.5, 0.6) is 0 Å². The molecule has 4 N–H and O–H groups in total. The van der Waals surface area contributed by atoms with Crippen molar-refractivity contribution in [3.8, 4) is 16.8 Å². The fraction of sp³-hybridized carbons (Fsp3) is 0.459. The summed E-state index contributed by atoms with van der Waals surface area (Å²) in [5, 5.41) is 24.6. The predicted octanol–water partition coefficient (Wildman–Crippen LogP) is 6.13. The van der Waals surface area contributed by atoms with Crippen molar-refractivity contribution in [3.05, 3.63) is 78.1 Å². The molecule has 0 bridgehead atoms. The summed E-state index contributed by atoms with van der Waals surface area (Å²) in [6.07, 6.45) is 0.463. The number of hydrogen-bond donors (Lipinski definition) is 4. The van der Waals surface area contributed by atoms with Gasteiger partial charge in [-0.3, -0.25) is 14.4 Å². The van der Waals surface area contributed by atoms with E-state index in [-0.39, 0.29) is 44.5 Å². The van der Waals surface area contributed by atoms with Crippen molar-refractivity contribution >= 4 is 32.0 Å². The Labute approximate surface area is 299 Å². The smallest absolute Gasteiger partial charge is 0.407 e. The zero-order valence-electron chi connectivity index (χ0n) is 30.2. The van der Waals surface area contributed by atoms with E-state index in [1.54, 1.807) is 12.3 Å². The van der Waals surface area contributed by atoms with Gasteiger partial charge in [0, 0.05) is 56.3 Å². The summed E-state index contributed by atoms with van der Waals surface area (Å²) in [5.41, 5.74) is 0.990. The highest BCUT2D eigenvalue weighted by Gasteiger charge is 2.37. The minimum Gasteiger partial charge on any atom is -0.481 e. The molecule has 1 heterocycles. The molecule has 1 aromatic heterocycles. The number of aliphatic hydroxyl groups is 1. The molecule has 3 amide bonds. The molecule has 14 heteroatoms. The lowest BCUT2D eigenvalue weighted by molar-refractivity contribution is -0.139. The zero-order chi connectivity index (χ0) is 37.9. The van der Waals surface area contributed by atoms with E-state index in [1.165, 1.54) is 4.90 Å². The molecule has 278 valence electrons. The van der Waals surface area contributed by atoms with Gasteiger partial charge < -0.3 is 35.1 Å². The quantitative estimate of drug-likeness (QED) is 0.122. The molecule has 51 heavy (non-hydrogen) atoms. The first-order valence-corrected chi connectivity index (χ1v) is 20.7. The molecule has 11 nitrogen and oxygen atoms in total. The maximum Gasteiger partial charge on any atom is 0.407 e. The van der Waals surface area contributed by atoms with Crippen LogP contribution in [0.15, 0.2) is 60.8 Å². The van der Waals surface area contributed by atoms with E-state index in [0.29, 0.717) is 16.9 Å². The van der Waals surface area contributed by atoms with Crippen LogP contribution in [0.3, 0.4) is 0 Å². The number of para-hydroxylation sites is 1. The Balaban J connectivity index is 2.02. The third kappa shape index (κ3) is 12.6. The van der Waals surface area contributed by atoms with E-state index in [1.807, 2.05) is 55.7 Å². The topological polar surface area (TPSA) is 150 Å². The molecule has 0 radical (unpaired) electrons. The Morgan fingerprint density at radius 2 is 1.69 bits per heavy atom. The lowest BCUT2D eigenvalue weighted by atomic mass is 9.82. The number of carboxylic acids is 1. The van der Waals surface area contributed by atoms with Crippen LogP contribution in [0.25, 0.3) is 16.8 Å². The summed E-state index contributed by atoms with van der Waals surface area (Å²) in [6, 6.07) is 13.3. The van der Waals surface area contributed by atoms with Crippen LogP contribution in [-0.4, -0.2) is 84.0 Å². The summed E-state index contributed by atoms with van der Waals surface area (Å²) in [7, 11) is -1.50. The van der Waals surface area contributed by atoms with Gasteiger partial charge in [0.15, 0.2) is 0 Å². The molecule has 0 aliphatic rings. The summed E-state index contributed by atoms with van der Waals surface area (Å²) in [6.45, 7) is 11.5. The van der Waals surface area contributed by atoms with E-state index in [0.717, 1.165) is 24.2 Å². The van der Waals surface area contributed by atoms with Crippen LogP contribution >= 0.6 is 0 Å². The zero-order valence-corrected chi connectivity index (χ0v) is 31.2. The number of aliphatic carboxylic acids is 1. The number of benzene rings is 2. The van der Waals surface area contributed by atoms with E-state index >= 15 is 4.39 Å². The van der Waals surface area contributed by atoms with Gasteiger partial charge in [0.2, 0.25) is 11.8 Å². The van der Waals surface area contributed by atoms with Crippen molar-refractivity contribution in [2.75, 3.05) is 26.3 Å². The number of rotatable bonds is 17. The normalized spacial score (nSPS) is 12.9. The van der Waals surface area contributed by atoms with E-state index in [4.69, 9.17) is 9.84 Å². The third-order valence-electron chi connectivity index (χ3n) is 8.23. The maximum atomic E-state index is 15.1. The summed E-state index contributed by atoms with van der Waals surface area (Å²) >= 11 is 0. The van der Waals surface area contributed by atoms with Crippen molar-refractivity contribution in [2.24, 2.45) is 5.41 Å². The van der Waals surface area contributed by atoms with Gasteiger partial charge in [-0.05, 0) is 54.3 Å². The number of carbonyl (C=O) groups excluding carboxylic acids is 3.